The van der Waals surface area contributed by atoms with Crippen molar-refractivity contribution in [3.63, 3.8) is 0 Å². The maximum absolute atomic E-state index is 4.98. The Morgan fingerprint density at radius 1 is 0.596 bits per heavy atom. The van der Waals surface area contributed by atoms with Gasteiger partial charge < -0.3 is 4.90 Å². The summed E-state index contributed by atoms with van der Waals surface area (Å²) in [6, 6.07) is 20.3. The Balaban J connectivity index is 1.46. The minimum absolute atomic E-state index is 0.0681. The van der Waals surface area contributed by atoms with Crippen molar-refractivity contribution in [2.24, 2.45) is 0 Å². The molecule has 242 valence electrons. The van der Waals surface area contributed by atoms with Gasteiger partial charge in [-0.1, -0.05) is 75.4 Å². The summed E-state index contributed by atoms with van der Waals surface area (Å²) in [6.45, 7) is 12.2. The fraction of sp³-hybridized carbons (Fsp3) is 0.180. The Morgan fingerprint density at radius 3 is 1.65 bits per heavy atom. The Hall–Kier alpha value is -7.71. The van der Waals surface area contributed by atoms with Crippen molar-refractivity contribution in [1.82, 2.24) is 0 Å². The molecule has 52 heavy (non-hydrogen) atoms. The van der Waals surface area contributed by atoms with E-state index < -0.39 is 0 Å². The SMILES string of the molecule is C#CC#CC#CC#CC#CC#CC#CC#CC#CC#CC#C[N+]1=C(/C=C/C=C/C=C2/N(CCC)c3ccccc3C2(C)C)C(C)(C)c2ccccc21. The molecule has 2 nitrogen and oxygen atoms in total. The van der Waals surface area contributed by atoms with E-state index >= 15 is 0 Å². The number of para-hydroxylation sites is 2. The number of anilines is 1. The van der Waals surface area contributed by atoms with E-state index in [1.54, 1.807) is 0 Å². The topological polar surface area (TPSA) is 6.25 Å². The third-order valence-electron chi connectivity index (χ3n) is 8.04. The Kier molecular flexibility index (Phi) is 13.4. The number of terminal acetylenes is 1. The molecule has 0 amide bonds. The summed E-state index contributed by atoms with van der Waals surface area (Å²) in [4.78, 5) is 2.45. The molecule has 0 bridgehead atoms. The lowest BCUT2D eigenvalue weighted by Crippen LogP contribution is -2.26. The normalized spacial score (nSPS) is 13.7. The fourth-order valence-corrected chi connectivity index (χ4v) is 5.76. The van der Waals surface area contributed by atoms with Crippen LogP contribution in [0.15, 0.2) is 84.6 Å². The molecule has 0 saturated heterocycles. The predicted octanol–water partition coefficient (Wildman–Crippen LogP) is 6.89. The van der Waals surface area contributed by atoms with E-state index in [0.29, 0.717) is 0 Å². The monoisotopic (exact) mass is 661 g/mol. The summed E-state index contributed by atoms with van der Waals surface area (Å²) in [7, 11) is 0. The minimum Gasteiger partial charge on any atom is -0.344 e. The number of benzene rings is 2. The molecule has 2 aliphatic rings. The first-order valence-corrected chi connectivity index (χ1v) is 16.5. The van der Waals surface area contributed by atoms with Crippen LogP contribution in [0.5, 0.6) is 0 Å². The van der Waals surface area contributed by atoms with Crippen LogP contribution in [0.3, 0.4) is 0 Å². The van der Waals surface area contributed by atoms with E-state index in [1.165, 1.54) is 22.5 Å². The van der Waals surface area contributed by atoms with Gasteiger partial charge in [-0.25, -0.2) is 0 Å². The molecule has 4 rings (SSSR count). The molecule has 2 aromatic rings. The van der Waals surface area contributed by atoms with Crippen molar-refractivity contribution in [1.29, 1.82) is 0 Å². The fourth-order valence-electron chi connectivity index (χ4n) is 5.76. The molecule has 0 saturated carbocycles. The highest BCUT2D eigenvalue weighted by molar-refractivity contribution is 6.03. The number of nitrogens with zero attached hydrogens (tertiary/aromatic N) is 2. The maximum atomic E-state index is 4.98. The molecule has 0 unspecified atom stereocenters. The average Bonchev–Trinajstić information content (AvgIpc) is 3.49. The van der Waals surface area contributed by atoms with Crippen LogP contribution in [0.25, 0.3) is 0 Å². The average molecular weight is 662 g/mol. The molecule has 2 heteroatoms. The first kappa shape index (κ1) is 37.1. The van der Waals surface area contributed by atoms with Crippen molar-refractivity contribution in [2.45, 2.75) is 51.9 Å². The highest BCUT2D eigenvalue weighted by atomic mass is 15.2. The largest absolute Gasteiger partial charge is 0.344 e. The van der Waals surface area contributed by atoms with Crippen LogP contribution in [0, 0.1) is 131 Å². The quantitative estimate of drug-likeness (QED) is 0.192. The summed E-state index contributed by atoms with van der Waals surface area (Å²) >= 11 is 0. The van der Waals surface area contributed by atoms with E-state index in [-0.39, 0.29) is 10.8 Å². The number of fused-ring (bicyclic) bond motifs is 2. The van der Waals surface area contributed by atoms with Gasteiger partial charge in [0.1, 0.15) is 0 Å². The molecule has 2 heterocycles. The number of hydrogen-bond acceptors (Lipinski definition) is 1. The smallest absolute Gasteiger partial charge is 0.243 e. The van der Waals surface area contributed by atoms with Gasteiger partial charge in [0.2, 0.25) is 17.4 Å². The molecule has 0 fully saturated rings. The summed E-state index contributed by atoms with van der Waals surface area (Å²) in [5.74, 6) is 51.3. The van der Waals surface area contributed by atoms with Gasteiger partial charge in [0, 0.05) is 106 Å². The molecule has 0 atom stereocenters. The Bertz CT molecular complexity index is 2590. The lowest BCUT2D eigenvalue weighted by molar-refractivity contribution is -0.332. The van der Waals surface area contributed by atoms with Gasteiger partial charge in [0.15, 0.2) is 0 Å². The summed E-state index contributed by atoms with van der Waals surface area (Å²) in [6.07, 6.45) is 16.7. The van der Waals surface area contributed by atoms with Crippen LogP contribution in [0.1, 0.15) is 52.2 Å². The van der Waals surface area contributed by atoms with Gasteiger partial charge in [-0.3, -0.25) is 0 Å². The van der Waals surface area contributed by atoms with Crippen LogP contribution in [0.4, 0.5) is 11.4 Å². The lowest BCUT2D eigenvalue weighted by atomic mass is 9.81. The van der Waals surface area contributed by atoms with Crippen LogP contribution in [-0.2, 0) is 10.8 Å². The van der Waals surface area contributed by atoms with Crippen molar-refractivity contribution >= 4 is 17.1 Å². The second-order valence-corrected chi connectivity index (χ2v) is 12.1. The van der Waals surface area contributed by atoms with Crippen LogP contribution < -0.4 is 4.90 Å². The van der Waals surface area contributed by atoms with Gasteiger partial charge in [-0.05, 0) is 85.3 Å². The zero-order valence-electron chi connectivity index (χ0n) is 29.9. The second kappa shape index (κ2) is 18.7. The van der Waals surface area contributed by atoms with Gasteiger partial charge in [0.05, 0.1) is 11.3 Å². The van der Waals surface area contributed by atoms with Crippen molar-refractivity contribution in [3.8, 4) is 131 Å². The second-order valence-electron chi connectivity index (χ2n) is 12.1. The number of allylic oxidation sites excluding steroid dienone is 6. The zero-order chi connectivity index (χ0) is 37.1. The van der Waals surface area contributed by atoms with E-state index in [0.717, 1.165) is 24.4 Å². The van der Waals surface area contributed by atoms with E-state index in [1.807, 2.05) is 10.6 Å². The maximum Gasteiger partial charge on any atom is 0.243 e. The highest BCUT2D eigenvalue weighted by Crippen LogP contribution is 2.47. The van der Waals surface area contributed by atoms with Crippen LogP contribution in [-0.4, -0.2) is 16.8 Å². The molecule has 2 aromatic carbocycles. The van der Waals surface area contributed by atoms with Crippen LogP contribution in [0.2, 0.25) is 0 Å². The molecular formula is C50H33N2+. The molecule has 0 radical (unpaired) electrons. The van der Waals surface area contributed by atoms with Crippen molar-refractivity contribution in [3.05, 3.63) is 95.7 Å². The molecule has 0 spiro atoms. The van der Waals surface area contributed by atoms with Gasteiger partial charge in [-0.15, -0.1) is 11.0 Å². The zero-order valence-corrected chi connectivity index (χ0v) is 29.9. The molecular weight excluding hydrogens is 629 g/mol. The van der Waals surface area contributed by atoms with Crippen molar-refractivity contribution < 1.29 is 4.58 Å². The van der Waals surface area contributed by atoms with Gasteiger partial charge in [-0.2, -0.15) is 0 Å². The molecule has 0 aliphatic carbocycles. The first-order chi connectivity index (χ1) is 25.3. The van der Waals surface area contributed by atoms with E-state index in [2.05, 4.69) is 237 Å². The standard InChI is InChI=1S/C50H33N2/c1-7-9-10-11-12-13-14-15-16-17-18-19-20-21-22-23-24-25-26-34-42-52-46-38-33-31-36-44(46)50(5,6)48(52)40-29-27-28-39-47-49(3,4)43-35-30-32-37-45(43)51(47)41-8-2/h1,27-33,35-40H,8,41H2,2-6H3/q+1. The predicted molar refractivity (Wildman–Crippen MR) is 214 cm³/mol. The molecule has 0 aromatic heterocycles. The third-order valence-corrected chi connectivity index (χ3v) is 8.04. The molecule has 2 aliphatic heterocycles. The third kappa shape index (κ3) is 9.46. The van der Waals surface area contributed by atoms with Crippen LogP contribution >= 0.6 is 0 Å². The van der Waals surface area contributed by atoms with E-state index in [4.69, 9.17) is 6.42 Å². The first-order valence-electron chi connectivity index (χ1n) is 16.5. The van der Waals surface area contributed by atoms with Crippen molar-refractivity contribution in [2.75, 3.05) is 11.4 Å². The number of hydrogen-bond donors (Lipinski definition) is 0. The molecule has 0 N–H and O–H groups in total. The summed E-state index contributed by atoms with van der Waals surface area (Å²) in [5, 5.41) is 0. The number of rotatable bonds is 5. The van der Waals surface area contributed by atoms with Gasteiger partial charge >= 0.3 is 0 Å². The highest BCUT2D eigenvalue weighted by Gasteiger charge is 2.44. The summed E-state index contributed by atoms with van der Waals surface area (Å²) < 4.78 is 2.01. The minimum atomic E-state index is -0.246. The van der Waals surface area contributed by atoms with Gasteiger partial charge in [0.25, 0.3) is 0 Å². The van der Waals surface area contributed by atoms with E-state index in [9.17, 15) is 0 Å². The lowest BCUT2D eigenvalue weighted by Gasteiger charge is -2.26. The summed E-state index contributed by atoms with van der Waals surface area (Å²) in [5.41, 5.74) is 6.97. The Labute approximate surface area is 310 Å². The Morgan fingerprint density at radius 2 is 1.10 bits per heavy atom.